The van der Waals surface area contributed by atoms with Gasteiger partial charge in [0.1, 0.15) is 0 Å². The van der Waals surface area contributed by atoms with Crippen molar-refractivity contribution in [1.29, 1.82) is 0 Å². The van der Waals surface area contributed by atoms with Gasteiger partial charge in [-0.2, -0.15) is 0 Å². The molecule has 4 aromatic rings. The Labute approximate surface area is 223 Å². The molecule has 0 aromatic heterocycles. The van der Waals surface area contributed by atoms with E-state index in [1.807, 2.05) is 0 Å². The van der Waals surface area contributed by atoms with Crippen molar-refractivity contribution in [1.82, 2.24) is 0 Å². The van der Waals surface area contributed by atoms with Crippen molar-refractivity contribution >= 4 is 41.5 Å². The minimum absolute atomic E-state index is 0. The molecule has 2 aliphatic carbocycles. The predicted octanol–water partition coefficient (Wildman–Crippen LogP) is 5.77. The van der Waals surface area contributed by atoms with Crippen LogP contribution in [0.25, 0.3) is 11.1 Å². The molecule has 0 fully saturated rings. The molecule has 6 rings (SSSR count). The van der Waals surface area contributed by atoms with Gasteiger partial charge >= 0.3 is 200 Å². The van der Waals surface area contributed by atoms with E-state index in [9.17, 15) is 0 Å². The van der Waals surface area contributed by atoms with E-state index in [0.29, 0.717) is 0 Å². The first-order valence-corrected chi connectivity index (χ1v) is 22.7. The summed E-state index contributed by atoms with van der Waals surface area (Å²) in [6.45, 7) is 4.74. The zero-order chi connectivity index (χ0) is 22.5. The van der Waals surface area contributed by atoms with Gasteiger partial charge in [-0.15, -0.1) is 24.8 Å². The van der Waals surface area contributed by atoms with Crippen LogP contribution in [0.4, 0.5) is 0 Å². The van der Waals surface area contributed by atoms with Crippen LogP contribution in [0.2, 0.25) is 0 Å². The average molecular weight is 593 g/mol. The number of allylic oxidation sites excluding steroid dienone is 4. The maximum Gasteiger partial charge on any atom is -0.147 e. The van der Waals surface area contributed by atoms with Crippen LogP contribution in [0, 0.1) is 6.92 Å². The Morgan fingerprint density at radius 2 is 1.29 bits per heavy atom. The summed E-state index contributed by atoms with van der Waals surface area (Å²) in [4.78, 5) is 0. The molecule has 176 valence electrons. The third-order valence-corrected chi connectivity index (χ3v) is 34.4. The van der Waals surface area contributed by atoms with Crippen LogP contribution in [0.3, 0.4) is 0 Å². The minimum atomic E-state index is -4.22. The van der Waals surface area contributed by atoms with E-state index in [2.05, 4.69) is 129 Å². The number of rotatable bonds is 4. The third kappa shape index (κ3) is 3.65. The van der Waals surface area contributed by atoms with Crippen LogP contribution in [-0.4, -0.2) is 6.88 Å². The molecule has 0 heterocycles. The molecule has 0 unspecified atom stereocenters. The second-order valence-electron chi connectivity index (χ2n) is 9.63. The second-order valence-corrected chi connectivity index (χ2v) is 30.8. The number of aryl methyl sites for hydroxylation is 1. The van der Waals surface area contributed by atoms with Gasteiger partial charge in [0.25, 0.3) is 0 Å². The summed E-state index contributed by atoms with van der Waals surface area (Å²) in [6, 6.07) is 36.8. The molecular formula is C31H30Cl2SiZr. The molecule has 0 saturated heterocycles. The van der Waals surface area contributed by atoms with Crippen molar-refractivity contribution in [2.75, 3.05) is 0 Å². The molecular weight excluding hydrogens is 563 g/mol. The topological polar surface area (TPSA) is 0 Å². The largest absolute Gasteiger partial charge is 0.147 e. The first kappa shape index (κ1) is 26.1. The monoisotopic (exact) mass is 590 g/mol. The van der Waals surface area contributed by atoms with Crippen LogP contribution >= 0.6 is 24.8 Å². The van der Waals surface area contributed by atoms with Crippen LogP contribution in [0.15, 0.2) is 119 Å². The predicted molar refractivity (Wildman–Crippen MR) is 156 cm³/mol. The second kappa shape index (κ2) is 9.83. The molecule has 0 nitrogen and oxygen atoms in total. The Morgan fingerprint density at radius 1 is 0.686 bits per heavy atom. The van der Waals surface area contributed by atoms with Gasteiger partial charge in [-0.25, -0.2) is 0 Å². The van der Waals surface area contributed by atoms with E-state index in [1.54, 1.807) is 18.7 Å². The minimum Gasteiger partial charge on any atom is -0.147 e. The maximum absolute atomic E-state index is 4.22. The van der Waals surface area contributed by atoms with Crippen molar-refractivity contribution < 1.29 is 17.4 Å². The first-order chi connectivity index (χ1) is 16.1. The molecule has 2 aliphatic rings. The summed E-state index contributed by atoms with van der Waals surface area (Å²) < 4.78 is 6.41. The molecule has 0 atom stereocenters. The molecule has 0 radical (unpaired) electrons. The molecule has 4 heteroatoms. The molecule has 0 spiro atoms. The quantitative estimate of drug-likeness (QED) is 0.233. The van der Waals surface area contributed by atoms with Gasteiger partial charge in [0.05, 0.1) is 0 Å². The van der Waals surface area contributed by atoms with Crippen LogP contribution in [0.5, 0.6) is 0 Å². The van der Waals surface area contributed by atoms with Gasteiger partial charge < -0.3 is 0 Å². The summed E-state index contributed by atoms with van der Waals surface area (Å²) in [5, 5.41) is 0. The fourth-order valence-corrected chi connectivity index (χ4v) is 30.3. The van der Waals surface area contributed by atoms with Gasteiger partial charge in [0.2, 0.25) is 0 Å². The number of fused-ring (bicyclic) bond motifs is 3. The zero-order valence-corrected chi connectivity index (χ0v) is 25.4. The van der Waals surface area contributed by atoms with Crippen molar-refractivity contribution in [3.8, 4) is 11.1 Å². The Hall–Kier alpha value is -1.96. The van der Waals surface area contributed by atoms with Crippen molar-refractivity contribution in [2.45, 2.75) is 19.8 Å². The van der Waals surface area contributed by atoms with Gasteiger partial charge in [0.15, 0.2) is 0 Å². The summed E-state index contributed by atoms with van der Waals surface area (Å²) in [5.74, 6) is 0. The summed E-state index contributed by atoms with van der Waals surface area (Å²) in [6.07, 6.45) is 9.18. The van der Waals surface area contributed by atoms with Crippen molar-refractivity contribution in [3.05, 3.63) is 135 Å². The molecule has 0 N–H and O–H groups in total. The number of hydrogen-bond acceptors (Lipinski definition) is 0. The molecule has 0 saturated carbocycles. The van der Waals surface area contributed by atoms with Gasteiger partial charge in [-0.05, 0) is 0 Å². The third-order valence-electron chi connectivity index (χ3n) is 8.05. The van der Waals surface area contributed by atoms with E-state index >= 15 is 0 Å². The molecule has 0 aliphatic heterocycles. The fourth-order valence-electron chi connectivity index (χ4n) is 6.55. The zero-order valence-electron chi connectivity index (χ0n) is 19.9. The van der Waals surface area contributed by atoms with Crippen LogP contribution in [0.1, 0.15) is 23.1 Å². The first-order valence-electron chi connectivity index (χ1n) is 11.8. The van der Waals surface area contributed by atoms with Gasteiger partial charge in [-0.3, -0.25) is 0 Å². The van der Waals surface area contributed by atoms with Gasteiger partial charge in [0, 0.05) is 0 Å². The van der Waals surface area contributed by atoms with E-state index < -0.39 is 17.4 Å². The van der Waals surface area contributed by atoms with Crippen LogP contribution in [-0.2, 0) is 23.8 Å². The standard InChI is InChI=1S/C14H11.2C6H5.C5H5.2ClH.H2Si.Zr/c1-10-6-7-14-12(8-10)9-11-4-2-3-5-13(11)14;2*1-2-4-6-5-3-1;1-2-4-5-3-1;;;;/h2-7H,9H2,1H3;2*1-5H;1-3H,4H2;2*1H;1H2;. The number of halogens is 2. The van der Waals surface area contributed by atoms with E-state index in [-0.39, 0.29) is 24.8 Å². The maximum atomic E-state index is 2.46. The normalized spacial score (nSPS) is 13.8. The fraction of sp³-hybridized carbons (Fsp3) is 0.0968. The van der Waals surface area contributed by atoms with Crippen molar-refractivity contribution in [3.63, 3.8) is 0 Å². The Morgan fingerprint density at radius 3 is 1.89 bits per heavy atom. The molecule has 0 amide bonds. The average Bonchev–Trinajstić information content (AvgIpc) is 3.54. The summed E-state index contributed by atoms with van der Waals surface area (Å²) in [5.41, 5.74) is 7.34. The summed E-state index contributed by atoms with van der Waals surface area (Å²) >= 11 is -4.22. The van der Waals surface area contributed by atoms with Gasteiger partial charge in [-0.1, -0.05) is 0 Å². The van der Waals surface area contributed by atoms with E-state index in [1.165, 1.54) is 22.3 Å². The smallest absolute Gasteiger partial charge is 0.147 e. The SMILES string of the molecule is Cc1ccc2c([c]1[Zr](=[SiH2])([C]1=CC=CC1)([c]1ccccc1)[c]1ccccc1)Cc1ccccc1-2.Cl.Cl. The number of benzene rings is 4. The van der Waals surface area contributed by atoms with Crippen LogP contribution < -0.4 is 9.81 Å². The molecule has 4 aromatic carbocycles. The van der Waals surface area contributed by atoms with E-state index in [0.717, 1.165) is 12.8 Å². The Balaban J connectivity index is 0.00000144. The summed E-state index contributed by atoms with van der Waals surface area (Å²) in [7, 11) is 0. The number of hydrogen-bond donors (Lipinski definition) is 0. The van der Waals surface area contributed by atoms with E-state index in [4.69, 9.17) is 0 Å². The molecule has 35 heavy (non-hydrogen) atoms. The Kier molecular flexibility index (Phi) is 7.33. The Bertz CT molecular complexity index is 1480. The van der Waals surface area contributed by atoms with Crippen molar-refractivity contribution in [2.24, 2.45) is 0 Å². The molecule has 0 bridgehead atoms.